The number of carbonyl (C=O) groups excluding carboxylic acids is 2. The zero-order valence-electron chi connectivity index (χ0n) is 13.7. The Morgan fingerprint density at radius 2 is 1.96 bits per heavy atom. The Kier molecular flexibility index (Phi) is 6.13. The lowest BCUT2D eigenvalue weighted by molar-refractivity contribution is -0.115. The lowest BCUT2D eigenvalue weighted by Gasteiger charge is -2.15. The zero-order valence-corrected chi connectivity index (χ0v) is 13.7. The molecule has 0 bridgehead atoms. The van der Waals surface area contributed by atoms with E-state index in [2.05, 4.69) is 21.9 Å². The molecule has 0 aromatic heterocycles. The standard InChI is InChI=1S/C19H18FN3O2/c1-3-14-6-4-9-17(10-14)23-18(24)12-21-19(25)22-13(2)15-7-5-8-16(20)11-15/h1,4-11,13H,12H2,2H3,(H,23,24)(H2,21,22,25). The molecule has 0 aliphatic carbocycles. The van der Waals surface area contributed by atoms with Gasteiger partial charge in [-0.15, -0.1) is 6.42 Å². The van der Waals surface area contributed by atoms with Gasteiger partial charge in [0.25, 0.3) is 0 Å². The predicted octanol–water partition coefficient (Wildman–Crippen LogP) is 2.81. The molecule has 25 heavy (non-hydrogen) atoms. The maximum atomic E-state index is 13.2. The topological polar surface area (TPSA) is 70.2 Å². The van der Waals surface area contributed by atoms with Crippen molar-refractivity contribution in [1.82, 2.24) is 10.6 Å². The molecular formula is C19H18FN3O2. The van der Waals surface area contributed by atoms with E-state index < -0.39 is 12.1 Å². The molecule has 0 aliphatic rings. The molecule has 0 radical (unpaired) electrons. The molecule has 2 rings (SSSR count). The number of hydrogen-bond acceptors (Lipinski definition) is 2. The van der Waals surface area contributed by atoms with E-state index in [0.717, 1.165) is 0 Å². The van der Waals surface area contributed by atoms with E-state index in [0.29, 0.717) is 16.8 Å². The third-order valence-corrected chi connectivity index (χ3v) is 3.42. The van der Waals surface area contributed by atoms with Crippen LogP contribution in [0.4, 0.5) is 14.9 Å². The molecule has 0 fully saturated rings. The number of anilines is 1. The first-order valence-corrected chi connectivity index (χ1v) is 7.64. The summed E-state index contributed by atoms with van der Waals surface area (Å²) in [5.74, 6) is 1.71. The summed E-state index contributed by atoms with van der Waals surface area (Å²) in [6.07, 6.45) is 5.30. The van der Waals surface area contributed by atoms with Crippen LogP contribution >= 0.6 is 0 Å². The van der Waals surface area contributed by atoms with Gasteiger partial charge in [-0.1, -0.05) is 24.1 Å². The van der Waals surface area contributed by atoms with Crippen molar-refractivity contribution in [2.75, 3.05) is 11.9 Å². The van der Waals surface area contributed by atoms with Gasteiger partial charge in [-0.2, -0.15) is 0 Å². The highest BCUT2D eigenvalue weighted by Crippen LogP contribution is 2.13. The maximum Gasteiger partial charge on any atom is 0.315 e. The van der Waals surface area contributed by atoms with Gasteiger partial charge >= 0.3 is 6.03 Å². The number of carbonyl (C=O) groups is 2. The van der Waals surface area contributed by atoms with Crippen LogP contribution in [0.1, 0.15) is 24.1 Å². The number of nitrogens with one attached hydrogen (secondary N) is 3. The molecule has 0 saturated heterocycles. The Labute approximate surface area is 145 Å². The van der Waals surface area contributed by atoms with E-state index >= 15 is 0 Å². The molecule has 3 N–H and O–H groups in total. The van der Waals surface area contributed by atoms with Crippen LogP contribution in [0, 0.1) is 18.2 Å². The zero-order chi connectivity index (χ0) is 18.2. The smallest absolute Gasteiger partial charge is 0.315 e. The monoisotopic (exact) mass is 339 g/mol. The summed E-state index contributed by atoms with van der Waals surface area (Å²) < 4.78 is 13.2. The first kappa shape index (κ1) is 18.0. The fourth-order valence-electron chi connectivity index (χ4n) is 2.16. The second-order valence-electron chi connectivity index (χ2n) is 5.38. The predicted molar refractivity (Wildman–Crippen MR) is 94.4 cm³/mol. The van der Waals surface area contributed by atoms with Crippen LogP contribution < -0.4 is 16.0 Å². The molecule has 3 amide bonds. The van der Waals surface area contributed by atoms with Crippen LogP contribution in [0.25, 0.3) is 0 Å². The molecule has 5 nitrogen and oxygen atoms in total. The molecule has 2 aromatic rings. The third-order valence-electron chi connectivity index (χ3n) is 3.42. The van der Waals surface area contributed by atoms with Gasteiger partial charge in [-0.3, -0.25) is 4.79 Å². The number of halogens is 1. The first-order chi connectivity index (χ1) is 12.0. The van der Waals surface area contributed by atoms with E-state index in [1.807, 2.05) is 0 Å². The van der Waals surface area contributed by atoms with Gasteiger partial charge < -0.3 is 16.0 Å². The average Bonchev–Trinajstić information content (AvgIpc) is 2.60. The van der Waals surface area contributed by atoms with Gasteiger partial charge in [0.2, 0.25) is 5.91 Å². The second kappa shape index (κ2) is 8.50. The average molecular weight is 339 g/mol. The highest BCUT2D eigenvalue weighted by Gasteiger charge is 2.11. The Hall–Kier alpha value is -3.33. The van der Waals surface area contributed by atoms with Crippen molar-refractivity contribution in [2.24, 2.45) is 0 Å². The Bertz CT molecular complexity index is 814. The quantitative estimate of drug-likeness (QED) is 0.733. The van der Waals surface area contributed by atoms with Crippen LogP contribution in [0.5, 0.6) is 0 Å². The fourth-order valence-corrected chi connectivity index (χ4v) is 2.16. The fraction of sp³-hybridized carbons (Fsp3) is 0.158. The third kappa shape index (κ3) is 5.66. The first-order valence-electron chi connectivity index (χ1n) is 7.64. The van der Waals surface area contributed by atoms with Gasteiger partial charge in [0.15, 0.2) is 0 Å². The summed E-state index contributed by atoms with van der Waals surface area (Å²) in [6.45, 7) is 1.52. The van der Waals surface area contributed by atoms with Crippen molar-refractivity contribution in [3.63, 3.8) is 0 Å². The molecule has 128 valence electrons. The Balaban J connectivity index is 1.81. The van der Waals surface area contributed by atoms with Gasteiger partial charge in [-0.25, -0.2) is 9.18 Å². The van der Waals surface area contributed by atoms with Crippen molar-refractivity contribution in [1.29, 1.82) is 0 Å². The van der Waals surface area contributed by atoms with E-state index in [1.165, 1.54) is 12.1 Å². The number of amides is 3. The molecule has 1 unspecified atom stereocenters. The normalized spacial score (nSPS) is 11.1. The van der Waals surface area contributed by atoms with Crippen molar-refractivity contribution in [3.8, 4) is 12.3 Å². The molecule has 0 saturated carbocycles. The maximum absolute atomic E-state index is 13.2. The van der Waals surface area contributed by atoms with E-state index in [9.17, 15) is 14.0 Å². The largest absolute Gasteiger partial charge is 0.332 e. The summed E-state index contributed by atoms with van der Waals surface area (Å²) >= 11 is 0. The van der Waals surface area contributed by atoms with Crippen molar-refractivity contribution in [3.05, 3.63) is 65.5 Å². The minimum atomic E-state index is -0.524. The number of hydrogen-bond donors (Lipinski definition) is 3. The van der Waals surface area contributed by atoms with Crippen LogP contribution in [0.15, 0.2) is 48.5 Å². The number of terminal acetylenes is 1. The lowest BCUT2D eigenvalue weighted by atomic mass is 10.1. The lowest BCUT2D eigenvalue weighted by Crippen LogP contribution is -2.41. The van der Waals surface area contributed by atoms with E-state index in [1.54, 1.807) is 43.3 Å². The van der Waals surface area contributed by atoms with Crippen LogP contribution in [0.2, 0.25) is 0 Å². The molecule has 6 heteroatoms. The summed E-state index contributed by atoms with van der Waals surface area (Å²) in [7, 11) is 0. The van der Waals surface area contributed by atoms with Crippen molar-refractivity contribution < 1.29 is 14.0 Å². The van der Waals surface area contributed by atoms with Crippen molar-refractivity contribution >= 4 is 17.6 Å². The molecule has 0 aliphatic heterocycles. The number of benzene rings is 2. The molecule has 1 atom stereocenters. The SMILES string of the molecule is C#Cc1cccc(NC(=O)CNC(=O)NC(C)c2cccc(F)c2)c1. The molecular weight excluding hydrogens is 321 g/mol. The second-order valence-corrected chi connectivity index (χ2v) is 5.38. The van der Waals surface area contributed by atoms with Gasteiger partial charge in [0.05, 0.1) is 12.6 Å². The summed E-state index contributed by atoms with van der Waals surface area (Å²) in [6, 6.07) is 11.9. The minimum Gasteiger partial charge on any atom is -0.332 e. The highest BCUT2D eigenvalue weighted by molar-refractivity contribution is 5.94. The highest BCUT2D eigenvalue weighted by atomic mass is 19.1. The summed E-state index contributed by atoms with van der Waals surface area (Å²) in [5, 5.41) is 7.73. The van der Waals surface area contributed by atoms with Crippen LogP contribution in [-0.2, 0) is 4.79 Å². The number of urea groups is 1. The van der Waals surface area contributed by atoms with Gasteiger partial charge in [-0.05, 0) is 42.8 Å². The summed E-state index contributed by atoms with van der Waals surface area (Å²) in [4.78, 5) is 23.7. The number of rotatable bonds is 5. The summed E-state index contributed by atoms with van der Waals surface area (Å²) in [5.41, 5.74) is 1.83. The van der Waals surface area contributed by atoms with E-state index in [-0.39, 0.29) is 18.3 Å². The Morgan fingerprint density at radius 1 is 1.20 bits per heavy atom. The molecule has 0 spiro atoms. The minimum absolute atomic E-state index is 0.206. The van der Waals surface area contributed by atoms with Crippen LogP contribution in [-0.4, -0.2) is 18.5 Å². The van der Waals surface area contributed by atoms with Crippen LogP contribution in [0.3, 0.4) is 0 Å². The Morgan fingerprint density at radius 3 is 2.68 bits per heavy atom. The van der Waals surface area contributed by atoms with Gasteiger partial charge in [0, 0.05) is 11.3 Å². The van der Waals surface area contributed by atoms with Crippen molar-refractivity contribution in [2.45, 2.75) is 13.0 Å². The molecule has 2 aromatic carbocycles. The van der Waals surface area contributed by atoms with Gasteiger partial charge in [0.1, 0.15) is 5.82 Å². The van der Waals surface area contributed by atoms with E-state index in [4.69, 9.17) is 6.42 Å². The molecule has 0 heterocycles.